The number of fused-ring (bicyclic) bond motifs is 3. The largest absolute Gasteiger partial charge is 0.451 e. The molecule has 0 saturated carbocycles. The molecule has 2 N–H and O–H groups in total. The van der Waals surface area contributed by atoms with Gasteiger partial charge in [-0.25, -0.2) is 4.98 Å². The van der Waals surface area contributed by atoms with Gasteiger partial charge >= 0.3 is 12.4 Å². The van der Waals surface area contributed by atoms with Gasteiger partial charge in [-0.3, -0.25) is 0 Å². The molecule has 3 heterocycles. The Kier molecular flexibility index (Phi) is 7.14. The number of nitrogens with one attached hydrogen (secondary N) is 1. The quantitative estimate of drug-likeness (QED) is 0.290. The third-order valence-electron chi connectivity index (χ3n) is 5.99. The molecule has 13 heteroatoms. The summed E-state index contributed by atoms with van der Waals surface area (Å²) >= 11 is 6.15. The van der Waals surface area contributed by atoms with Crippen molar-refractivity contribution in [2.45, 2.75) is 56.9 Å². The molecule has 35 heavy (non-hydrogen) atoms. The number of alkyl halides is 6. The van der Waals surface area contributed by atoms with Crippen LogP contribution in [0.25, 0.3) is 10.9 Å². The van der Waals surface area contributed by atoms with E-state index in [9.17, 15) is 26.3 Å². The summed E-state index contributed by atoms with van der Waals surface area (Å²) in [6.07, 6.45) is -6.81. The molecule has 2 aromatic heterocycles. The van der Waals surface area contributed by atoms with E-state index in [4.69, 9.17) is 16.7 Å². The summed E-state index contributed by atoms with van der Waals surface area (Å²) in [5.41, 5.74) is 2.38. The molecule has 0 unspecified atom stereocenters. The van der Waals surface area contributed by atoms with Gasteiger partial charge in [0.05, 0.1) is 6.04 Å². The molecule has 4 rings (SSSR count). The molecule has 1 aliphatic heterocycles. The number of nitrogens with zero attached hydrogens (tertiary/aromatic N) is 4. The SMILES string of the molecule is OCCCCCC[C@H]1c2[nH]c3ccc(Cl)cc3c2CCN1c1nc(C(F)(F)F)nc(C(F)(F)F)n1. The molecule has 1 aliphatic rings. The zero-order chi connectivity index (χ0) is 25.4. The van der Waals surface area contributed by atoms with Crippen molar-refractivity contribution >= 4 is 28.5 Å². The van der Waals surface area contributed by atoms with Gasteiger partial charge in [0, 0.05) is 34.8 Å². The van der Waals surface area contributed by atoms with E-state index in [1.54, 1.807) is 18.2 Å². The smallest absolute Gasteiger partial charge is 0.396 e. The number of hydrogen-bond acceptors (Lipinski definition) is 5. The third-order valence-corrected chi connectivity index (χ3v) is 6.22. The van der Waals surface area contributed by atoms with Crippen molar-refractivity contribution < 1.29 is 31.4 Å². The number of unbranched alkanes of at least 4 members (excludes halogenated alkanes) is 3. The third kappa shape index (κ3) is 5.48. The van der Waals surface area contributed by atoms with E-state index >= 15 is 0 Å². The second-order valence-electron chi connectivity index (χ2n) is 8.37. The van der Waals surface area contributed by atoms with E-state index in [0.29, 0.717) is 36.4 Å². The number of aromatic amines is 1. The molecule has 6 nitrogen and oxygen atoms in total. The molecule has 1 atom stereocenters. The maximum atomic E-state index is 13.4. The first-order valence-electron chi connectivity index (χ1n) is 11.1. The van der Waals surface area contributed by atoms with E-state index in [0.717, 1.165) is 29.3 Å². The van der Waals surface area contributed by atoms with E-state index in [-0.39, 0.29) is 13.2 Å². The van der Waals surface area contributed by atoms with Crippen LogP contribution >= 0.6 is 11.6 Å². The Morgan fingerprint density at radius 2 is 1.63 bits per heavy atom. The van der Waals surface area contributed by atoms with Crippen molar-refractivity contribution in [3.05, 3.63) is 46.1 Å². The predicted octanol–water partition coefficient (Wildman–Crippen LogP) is 6.09. The van der Waals surface area contributed by atoms with Crippen LogP contribution in [0.1, 0.15) is 61.1 Å². The molecular formula is C22H22ClF6N5O. The summed E-state index contributed by atoms with van der Waals surface area (Å²) in [7, 11) is 0. The fourth-order valence-corrected chi connectivity index (χ4v) is 4.60. The van der Waals surface area contributed by atoms with Gasteiger partial charge in [0.1, 0.15) is 0 Å². The lowest BCUT2D eigenvalue weighted by Gasteiger charge is -2.36. The Morgan fingerprint density at radius 3 is 2.26 bits per heavy atom. The van der Waals surface area contributed by atoms with Crippen molar-refractivity contribution in [1.82, 2.24) is 19.9 Å². The first kappa shape index (κ1) is 25.5. The van der Waals surface area contributed by atoms with Gasteiger partial charge in [-0.1, -0.05) is 30.9 Å². The molecule has 3 aromatic rings. The topological polar surface area (TPSA) is 77.9 Å². The van der Waals surface area contributed by atoms with Crippen LogP contribution in [0.5, 0.6) is 0 Å². The zero-order valence-corrected chi connectivity index (χ0v) is 19.1. The molecule has 0 fully saturated rings. The van der Waals surface area contributed by atoms with Gasteiger partial charge in [0.2, 0.25) is 17.6 Å². The summed E-state index contributed by atoms with van der Waals surface area (Å²) in [5, 5.41) is 10.4. The van der Waals surface area contributed by atoms with Crippen LogP contribution in [0.3, 0.4) is 0 Å². The predicted molar refractivity (Wildman–Crippen MR) is 117 cm³/mol. The number of aliphatic hydroxyl groups is 1. The molecule has 0 spiro atoms. The Morgan fingerprint density at radius 1 is 0.971 bits per heavy atom. The number of rotatable bonds is 7. The normalized spacial score (nSPS) is 16.7. The standard InChI is InChI=1S/C22H22ClF6N5O/c23-12-6-7-15-14(11-12)13-8-9-34(16(17(13)30-15)5-3-1-2-4-10-35)20-32-18(21(24,25)26)31-19(33-20)22(27,28)29/h6-7,11,16,30,35H,1-5,8-10H2/t16-/m0/s1. The molecular weight excluding hydrogens is 500 g/mol. The fraction of sp³-hybridized carbons (Fsp3) is 0.500. The van der Waals surface area contributed by atoms with Crippen LogP contribution in [0, 0.1) is 0 Å². The first-order valence-corrected chi connectivity index (χ1v) is 11.4. The fourth-order valence-electron chi connectivity index (χ4n) is 4.43. The van der Waals surface area contributed by atoms with Gasteiger partial charge in [0.25, 0.3) is 0 Å². The van der Waals surface area contributed by atoms with E-state index in [2.05, 4.69) is 19.9 Å². The number of anilines is 1. The number of H-pyrrole nitrogens is 1. The van der Waals surface area contributed by atoms with Crippen LogP contribution in [-0.4, -0.2) is 38.2 Å². The van der Waals surface area contributed by atoms with E-state index in [1.165, 1.54) is 4.90 Å². The Bertz CT molecular complexity index is 1160. The number of hydrogen-bond donors (Lipinski definition) is 2. The van der Waals surface area contributed by atoms with Crippen molar-refractivity contribution in [3.8, 4) is 0 Å². The lowest BCUT2D eigenvalue weighted by Crippen LogP contribution is -2.38. The highest BCUT2D eigenvalue weighted by molar-refractivity contribution is 6.31. The van der Waals surface area contributed by atoms with E-state index < -0.39 is 36.0 Å². The van der Waals surface area contributed by atoms with Gasteiger partial charge in [-0.2, -0.15) is 36.3 Å². The number of halogens is 7. The average molecular weight is 522 g/mol. The van der Waals surface area contributed by atoms with Gasteiger partial charge in [-0.15, -0.1) is 0 Å². The van der Waals surface area contributed by atoms with Crippen LogP contribution < -0.4 is 4.90 Å². The molecule has 0 aliphatic carbocycles. The van der Waals surface area contributed by atoms with Crippen LogP contribution in [0.4, 0.5) is 32.3 Å². The minimum atomic E-state index is -5.17. The average Bonchev–Trinajstić information content (AvgIpc) is 3.15. The molecule has 190 valence electrons. The van der Waals surface area contributed by atoms with Crippen molar-refractivity contribution in [2.24, 2.45) is 0 Å². The van der Waals surface area contributed by atoms with E-state index in [1.807, 2.05) is 0 Å². The minimum Gasteiger partial charge on any atom is -0.396 e. The van der Waals surface area contributed by atoms with Gasteiger partial charge in [0.15, 0.2) is 0 Å². The minimum absolute atomic E-state index is 0.0494. The Labute approximate surface area is 201 Å². The molecule has 0 saturated heterocycles. The Hall–Kier alpha value is -2.60. The second kappa shape index (κ2) is 9.81. The Balaban J connectivity index is 1.78. The second-order valence-corrected chi connectivity index (χ2v) is 8.81. The number of benzene rings is 1. The summed E-state index contributed by atoms with van der Waals surface area (Å²) in [5.74, 6) is -4.43. The van der Waals surface area contributed by atoms with Gasteiger partial charge < -0.3 is 15.0 Å². The highest BCUT2D eigenvalue weighted by atomic mass is 35.5. The first-order chi connectivity index (χ1) is 16.5. The lowest BCUT2D eigenvalue weighted by atomic mass is 9.93. The maximum absolute atomic E-state index is 13.4. The molecule has 0 amide bonds. The molecule has 1 aromatic carbocycles. The van der Waals surface area contributed by atoms with Crippen LogP contribution in [0.2, 0.25) is 5.02 Å². The summed E-state index contributed by atoms with van der Waals surface area (Å²) < 4.78 is 80.2. The number of aliphatic hydroxyl groups excluding tert-OH is 1. The van der Waals surface area contributed by atoms with Crippen molar-refractivity contribution in [1.29, 1.82) is 0 Å². The van der Waals surface area contributed by atoms with Gasteiger partial charge in [-0.05, 0) is 43.0 Å². The lowest BCUT2D eigenvalue weighted by molar-refractivity contribution is -0.155. The summed E-state index contributed by atoms with van der Waals surface area (Å²) in [6.45, 7) is 0.167. The van der Waals surface area contributed by atoms with Crippen molar-refractivity contribution in [3.63, 3.8) is 0 Å². The van der Waals surface area contributed by atoms with Crippen LogP contribution in [-0.2, 0) is 18.8 Å². The summed E-state index contributed by atoms with van der Waals surface area (Å²) in [4.78, 5) is 14.1. The monoisotopic (exact) mass is 521 g/mol. The number of aromatic nitrogens is 4. The highest BCUT2D eigenvalue weighted by Gasteiger charge is 2.43. The van der Waals surface area contributed by atoms with Crippen molar-refractivity contribution in [2.75, 3.05) is 18.1 Å². The molecule has 0 bridgehead atoms. The zero-order valence-electron chi connectivity index (χ0n) is 18.3. The maximum Gasteiger partial charge on any atom is 0.451 e. The van der Waals surface area contributed by atoms with Crippen LogP contribution in [0.15, 0.2) is 18.2 Å². The highest BCUT2D eigenvalue weighted by Crippen LogP contribution is 2.41. The molecule has 0 radical (unpaired) electrons. The summed E-state index contributed by atoms with van der Waals surface area (Å²) in [6, 6.07) is 4.69.